The zero-order valence-electron chi connectivity index (χ0n) is 14.5. The van der Waals surface area contributed by atoms with Gasteiger partial charge in [0.1, 0.15) is 12.4 Å². The average Bonchev–Trinajstić information content (AvgIpc) is 3.44. The number of amides is 1. The van der Waals surface area contributed by atoms with Crippen LogP contribution < -0.4 is 10.1 Å². The van der Waals surface area contributed by atoms with E-state index in [4.69, 9.17) is 4.74 Å². The highest BCUT2D eigenvalue weighted by molar-refractivity contribution is 5.81. The van der Waals surface area contributed by atoms with Crippen molar-refractivity contribution >= 4 is 5.91 Å². The fourth-order valence-corrected chi connectivity index (χ4v) is 3.35. The fraction of sp³-hybridized carbons (Fsp3) is 0.550. The molecule has 2 atom stereocenters. The minimum Gasteiger partial charge on any atom is -0.490 e. The van der Waals surface area contributed by atoms with Crippen LogP contribution in [0.1, 0.15) is 31.7 Å². The van der Waals surface area contributed by atoms with E-state index in [1.165, 1.54) is 5.56 Å². The van der Waals surface area contributed by atoms with E-state index in [2.05, 4.69) is 35.9 Å². The Balaban J connectivity index is 1.44. The van der Waals surface area contributed by atoms with Gasteiger partial charge in [-0.2, -0.15) is 0 Å². The van der Waals surface area contributed by atoms with E-state index in [-0.39, 0.29) is 0 Å². The summed E-state index contributed by atoms with van der Waals surface area (Å²) in [7, 11) is 0. The molecule has 130 valence electrons. The maximum Gasteiger partial charge on any atom is 0.225 e. The van der Waals surface area contributed by atoms with Crippen LogP contribution in [0.25, 0.3) is 0 Å². The number of nitrogens with zero attached hydrogens (tertiary/aromatic N) is 1. The Labute approximate surface area is 144 Å². The quantitative estimate of drug-likeness (QED) is 0.783. The second-order valence-corrected chi connectivity index (χ2v) is 7.06. The zero-order valence-corrected chi connectivity index (χ0v) is 14.5. The first-order chi connectivity index (χ1) is 11.7. The summed E-state index contributed by atoms with van der Waals surface area (Å²) in [4.78, 5) is 14.3. The Hall–Kier alpha value is -1.81. The van der Waals surface area contributed by atoms with Gasteiger partial charge in [-0.25, -0.2) is 0 Å². The molecule has 1 amide bonds. The average molecular weight is 328 g/mol. The molecule has 4 nitrogen and oxygen atoms in total. The van der Waals surface area contributed by atoms with Crippen LogP contribution in [0.3, 0.4) is 0 Å². The summed E-state index contributed by atoms with van der Waals surface area (Å²) in [5, 5.41) is 3.66. The van der Waals surface area contributed by atoms with E-state index < -0.39 is 0 Å². The maximum absolute atomic E-state index is 12.2. The topological polar surface area (TPSA) is 41.6 Å². The molecular formula is C20H28N2O2. The van der Waals surface area contributed by atoms with Crippen LogP contribution in [0.5, 0.6) is 5.75 Å². The van der Waals surface area contributed by atoms with Crippen molar-refractivity contribution < 1.29 is 9.53 Å². The third kappa shape index (κ3) is 4.38. The molecule has 1 saturated carbocycles. The summed E-state index contributed by atoms with van der Waals surface area (Å²) < 4.78 is 5.50. The van der Waals surface area contributed by atoms with Crippen molar-refractivity contribution in [3.05, 3.63) is 42.5 Å². The first kappa shape index (κ1) is 17.0. The van der Waals surface area contributed by atoms with Gasteiger partial charge in [-0.15, -0.1) is 0 Å². The molecule has 24 heavy (non-hydrogen) atoms. The van der Waals surface area contributed by atoms with Crippen molar-refractivity contribution in [2.75, 3.05) is 19.7 Å². The number of piperidine rings is 1. The second kappa shape index (κ2) is 7.84. The van der Waals surface area contributed by atoms with Gasteiger partial charge in [0.05, 0.1) is 0 Å². The van der Waals surface area contributed by atoms with E-state index in [0.717, 1.165) is 44.6 Å². The molecule has 2 aliphatic rings. The largest absolute Gasteiger partial charge is 0.490 e. The molecule has 1 aromatic carbocycles. The number of hydrogen-bond donors (Lipinski definition) is 1. The Kier molecular flexibility index (Phi) is 5.56. The first-order valence-electron chi connectivity index (χ1n) is 9.02. The van der Waals surface area contributed by atoms with Gasteiger partial charge >= 0.3 is 0 Å². The number of ether oxygens (including phenoxy) is 1. The highest BCUT2D eigenvalue weighted by Gasteiger charge is 2.36. The van der Waals surface area contributed by atoms with Gasteiger partial charge in [0.15, 0.2) is 0 Å². The lowest BCUT2D eigenvalue weighted by atomic mass is 9.93. The number of benzene rings is 1. The minimum atomic E-state index is 0.337. The molecule has 3 rings (SSSR count). The molecule has 0 spiro atoms. The van der Waals surface area contributed by atoms with E-state index in [1.54, 1.807) is 6.08 Å². The summed E-state index contributed by atoms with van der Waals surface area (Å²) in [5.41, 5.74) is 1.25. The number of rotatable bonds is 7. The Bertz CT molecular complexity index is 566. The SMILES string of the molecule is C=CCOc1ccc(CN[C@@H]2CCN(C(=O)C3CC3)C[C@H]2C)cc1. The monoisotopic (exact) mass is 328 g/mol. The third-order valence-corrected chi connectivity index (χ3v) is 5.00. The molecule has 1 saturated heterocycles. The molecule has 1 aromatic rings. The molecule has 4 heteroatoms. The van der Waals surface area contributed by atoms with Crippen molar-refractivity contribution in [2.24, 2.45) is 11.8 Å². The van der Waals surface area contributed by atoms with Crippen molar-refractivity contribution in [2.45, 2.75) is 38.8 Å². The summed E-state index contributed by atoms with van der Waals surface area (Å²) in [6.07, 6.45) is 4.98. The lowest BCUT2D eigenvalue weighted by molar-refractivity contribution is -0.134. The summed E-state index contributed by atoms with van der Waals surface area (Å²) >= 11 is 0. The van der Waals surface area contributed by atoms with Crippen LogP contribution in [0.15, 0.2) is 36.9 Å². The molecule has 0 aromatic heterocycles. The molecule has 1 aliphatic heterocycles. The predicted octanol–water partition coefficient (Wildman–Crippen LogP) is 2.99. The molecule has 2 fully saturated rings. The molecular weight excluding hydrogens is 300 g/mol. The fourth-order valence-electron chi connectivity index (χ4n) is 3.35. The van der Waals surface area contributed by atoms with Crippen LogP contribution in [-0.4, -0.2) is 36.5 Å². The second-order valence-electron chi connectivity index (χ2n) is 7.06. The van der Waals surface area contributed by atoms with Gasteiger partial charge < -0.3 is 15.0 Å². The summed E-state index contributed by atoms with van der Waals surface area (Å²) in [6.45, 7) is 9.07. The van der Waals surface area contributed by atoms with Crippen molar-refractivity contribution in [3.8, 4) is 5.75 Å². The van der Waals surface area contributed by atoms with Crippen LogP contribution in [0.4, 0.5) is 0 Å². The van der Waals surface area contributed by atoms with Gasteiger partial charge in [0.2, 0.25) is 5.91 Å². The van der Waals surface area contributed by atoms with Crippen molar-refractivity contribution in [3.63, 3.8) is 0 Å². The van der Waals surface area contributed by atoms with E-state index in [0.29, 0.717) is 30.4 Å². The lowest BCUT2D eigenvalue weighted by Gasteiger charge is -2.37. The number of hydrogen-bond acceptors (Lipinski definition) is 3. The number of carbonyl (C=O) groups is 1. The summed E-state index contributed by atoms with van der Waals surface area (Å²) in [6, 6.07) is 8.68. The molecule has 1 aliphatic carbocycles. The predicted molar refractivity (Wildman–Crippen MR) is 95.8 cm³/mol. The van der Waals surface area contributed by atoms with Gasteiger partial charge in [-0.1, -0.05) is 31.7 Å². The number of likely N-dealkylation sites (tertiary alicyclic amines) is 1. The standard InChI is InChI=1S/C20H28N2O2/c1-3-12-24-18-8-4-16(5-9-18)13-21-19-10-11-22(14-15(19)2)20(23)17-6-7-17/h3-5,8-9,15,17,19,21H,1,6-7,10-14H2,2H3/t15-,19-/m1/s1. The van der Waals surface area contributed by atoms with Crippen LogP contribution >= 0.6 is 0 Å². The highest BCUT2D eigenvalue weighted by Crippen LogP contribution is 2.32. The lowest BCUT2D eigenvalue weighted by Crippen LogP contribution is -2.50. The first-order valence-corrected chi connectivity index (χ1v) is 9.02. The van der Waals surface area contributed by atoms with Crippen LogP contribution in [-0.2, 0) is 11.3 Å². The maximum atomic E-state index is 12.2. The molecule has 0 unspecified atom stereocenters. The van der Waals surface area contributed by atoms with Gasteiger partial charge in [0, 0.05) is 31.6 Å². The van der Waals surface area contributed by atoms with Gasteiger partial charge in [-0.05, 0) is 42.9 Å². The minimum absolute atomic E-state index is 0.337. The Morgan fingerprint density at radius 2 is 2.08 bits per heavy atom. The zero-order chi connectivity index (χ0) is 16.9. The Morgan fingerprint density at radius 3 is 2.71 bits per heavy atom. The summed E-state index contributed by atoms with van der Waals surface area (Å²) in [5.74, 6) is 2.09. The molecule has 1 N–H and O–H groups in total. The third-order valence-electron chi connectivity index (χ3n) is 5.00. The molecule has 0 radical (unpaired) electrons. The number of carbonyl (C=O) groups excluding carboxylic acids is 1. The van der Waals surface area contributed by atoms with Crippen LogP contribution in [0.2, 0.25) is 0 Å². The van der Waals surface area contributed by atoms with Gasteiger partial charge in [0.25, 0.3) is 0 Å². The van der Waals surface area contributed by atoms with E-state index in [9.17, 15) is 4.79 Å². The smallest absolute Gasteiger partial charge is 0.225 e. The molecule has 0 bridgehead atoms. The molecule has 1 heterocycles. The normalized spacial score (nSPS) is 23.8. The van der Waals surface area contributed by atoms with Gasteiger partial charge in [-0.3, -0.25) is 4.79 Å². The number of nitrogens with one attached hydrogen (secondary N) is 1. The van der Waals surface area contributed by atoms with E-state index in [1.807, 2.05) is 12.1 Å². The van der Waals surface area contributed by atoms with E-state index >= 15 is 0 Å². The van der Waals surface area contributed by atoms with Crippen molar-refractivity contribution in [1.29, 1.82) is 0 Å². The Morgan fingerprint density at radius 1 is 1.33 bits per heavy atom. The van der Waals surface area contributed by atoms with Crippen LogP contribution in [0, 0.1) is 11.8 Å². The van der Waals surface area contributed by atoms with Crippen molar-refractivity contribution in [1.82, 2.24) is 10.2 Å². The highest BCUT2D eigenvalue weighted by atomic mass is 16.5.